The molecule has 10 heteroatoms. The van der Waals surface area contributed by atoms with Gasteiger partial charge in [-0.2, -0.15) is 0 Å². The molecule has 0 aliphatic carbocycles. The summed E-state index contributed by atoms with van der Waals surface area (Å²) in [5, 5.41) is 0. The molecule has 0 unspecified atom stereocenters. The average Bonchev–Trinajstić information content (AvgIpc) is 2.48. The molecule has 0 atom stereocenters. The molecule has 0 rings (SSSR count). The van der Waals surface area contributed by atoms with E-state index in [1.807, 2.05) is 0 Å². The molecule has 0 spiro atoms. The zero-order valence-electron chi connectivity index (χ0n) is 14.6. The van der Waals surface area contributed by atoms with Crippen LogP contribution in [0.2, 0.25) is 0 Å². The van der Waals surface area contributed by atoms with Crippen molar-refractivity contribution >= 4 is 22.1 Å². The third-order valence-corrected chi connectivity index (χ3v) is 8.67. The van der Waals surface area contributed by atoms with Crippen LogP contribution in [0.15, 0.2) is 0 Å². The summed E-state index contributed by atoms with van der Waals surface area (Å²) in [4.78, 5) is 31.2. The van der Waals surface area contributed by atoms with Crippen molar-refractivity contribution in [2.75, 3.05) is 37.0 Å². The molecule has 0 aromatic heterocycles. The molecule has 0 heterocycles. The molecule has 0 aliphatic heterocycles. The van der Waals surface area contributed by atoms with Crippen LogP contribution in [0.1, 0.15) is 41.5 Å². The predicted octanol–water partition coefficient (Wildman–Crippen LogP) is 1.99. The second kappa shape index (κ2) is 16.2. The minimum absolute atomic E-state index is 0. The van der Waals surface area contributed by atoms with Crippen molar-refractivity contribution in [2.45, 2.75) is 41.5 Å². The first-order chi connectivity index (χ1) is 9.36. The predicted molar refractivity (Wildman–Crippen MR) is 86.1 cm³/mol. The van der Waals surface area contributed by atoms with Crippen LogP contribution in [0.25, 0.3) is 0 Å². The first-order valence-electron chi connectivity index (χ1n) is 7.24. The molecule has 0 amide bonds. The molecule has 0 N–H and O–H groups in total. The van der Waals surface area contributed by atoms with Crippen molar-refractivity contribution in [3.05, 3.63) is 0 Å². The van der Waals surface area contributed by atoms with Crippen LogP contribution in [-0.4, -0.2) is 37.0 Å². The first-order valence-corrected chi connectivity index (χ1v) is 13.2. The van der Waals surface area contributed by atoms with Gasteiger partial charge in [-0.25, -0.2) is 0 Å². The molecule has 22 heavy (non-hydrogen) atoms. The quantitative estimate of drug-likeness (QED) is 0.569. The average molecular weight is 452 g/mol. The first kappa shape index (κ1) is 31.4. The van der Waals surface area contributed by atoms with E-state index in [9.17, 15) is 28.4 Å². The van der Waals surface area contributed by atoms with E-state index in [-0.39, 0.29) is 32.7 Å². The Morgan fingerprint density at radius 2 is 0.591 bits per heavy atom. The second-order valence-electron chi connectivity index (χ2n) is 4.34. The maximum absolute atomic E-state index is 10.4. The molecular weight excluding hydrogens is 422 g/mol. The number of rotatable bonds is 6. The van der Waals surface area contributed by atoms with Gasteiger partial charge in [0.15, 0.2) is 0 Å². The van der Waals surface area contributed by atoms with Crippen LogP contribution in [0, 0.1) is 0 Å². The van der Waals surface area contributed by atoms with Gasteiger partial charge < -0.3 is 28.4 Å². The summed E-state index contributed by atoms with van der Waals surface area (Å²) in [5.41, 5.74) is 0. The van der Waals surface area contributed by atoms with Crippen molar-refractivity contribution in [1.29, 1.82) is 0 Å². The fourth-order valence-electron chi connectivity index (χ4n) is 0.671. The minimum Gasteiger partial charge on any atom is -0.799 e. The Labute approximate surface area is 161 Å². The second-order valence-corrected chi connectivity index (χ2v) is 13.0. The van der Waals surface area contributed by atoms with E-state index in [2.05, 4.69) is 0 Å². The van der Waals surface area contributed by atoms with E-state index in [1.54, 1.807) is 41.5 Å². The zero-order valence-corrected chi connectivity index (χ0v) is 20.1. The molecule has 0 fully saturated rings. The van der Waals surface area contributed by atoms with Gasteiger partial charge in [-0.1, -0.05) is 41.5 Å². The summed E-state index contributed by atoms with van der Waals surface area (Å²) in [5.74, 6) is 0. The molecule has 0 aliphatic rings. The monoisotopic (exact) mass is 452 g/mol. The van der Waals surface area contributed by atoms with Gasteiger partial charge in [0.2, 0.25) is 0 Å². The van der Waals surface area contributed by atoms with Crippen LogP contribution >= 0.6 is 22.1 Å². The molecule has 0 aromatic rings. The Bertz CT molecular complexity index is 308. The SMILES string of the molecule is CCP(=O)([O-])CC.CCP(=O)([O-])CC.CCP(=O)([O-])CC.[Y+3]. The van der Waals surface area contributed by atoms with Crippen LogP contribution in [-0.2, 0) is 46.4 Å². The summed E-state index contributed by atoms with van der Waals surface area (Å²) in [6.45, 7) is 9.98. The fraction of sp³-hybridized carbons (Fsp3) is 1.00. The van der Waals surface area contributed by atoms with Crippen LogP contribution in [0.5, 0.6) is 0 Å². The molecule has 0 bridgehead atoms. The molecule has 132 valence electrons. The Morgan fingerprint density at radius 3 is 0.591 bits per heavy atom. The van der Waals surface area contributed by atoms with Gasteiger partial charge in [0.25, 0.3) is 0 Å². The summed E-state index contributed by atoms with van der Waals surface area (Å²) in [6, 6.07) is 0. The standard InChI is InChI=1S/3C4H11O2P.Y/c3*1-3-7(5,6)4-2;/h3*3-4H2,1-2H3,(H,5,6);/q;;;+3/p-3. The number of hydrogen-bond donors (Lipinski definition) is 0. The largest absolute Gasteiger partial charge is 3.00 e. The van der Waals surface area contributed by atoms with Gasteiger partial charge in [0.05, 0.1) is 0 Å². The Morgan fingerprint density at radius 1 is 0.500 bits per heavy atom. The van der Waals surface area contributed by atoms with Crippen molar-refractivity contribution < 1.29 is 61.1 Å². The Hall–Kier alpha value is 1.67. The Balaban J connectivity index is -0.000000108. The van der Waals surface area contributed by atoms with Crippen molar-refractivity contribution in [1.82, 2.24) is 0 Å². The topological polar surface area (TPSA) is 120 Å². The summed E-state index contributed by atoms with van der Waals surface area (Å²) in [6.07, 6.45) is 1.77. The van der Waals surface area contributed by atoms with Crippen LogP contribution in [0.3, 0.4) is 0 Å². The molecular formula is C12H30O6P3Y. The molecule has 0 radical (unpaired) electrons. The van der Waals surface area contributed by atoms with Crippen molar-refractivity contribution in [3.8, 4) is 0 Å². The van der Waals surface area contributed by atoms with Gasteiger partial charge in [0.1, 0.15) is 0 Å². The third kappa shape index (κ3) is 23.9. The Kier molecular flexibility index (Phi) is 23.1. The maximum Gasteiger partial charge on any atom is 3.00 e. The molecule has 0 saturated heterocycles. The number of hydrogen-bond acceptors (Lipinski definition) is 6. The van der Waals surface area contributed by atoms with Crippen LogP contribution < -0.4 is 14.7 Å². The van der Waals surface area contributed by atoms with Gasteiger partial charge in [0, 0.05) is 22.1 Å². The molecule has 0 saturated carbocycles. The van der Waals surface area contributed by atoms with Gasteiger partial charge in [-0.15, -0.1) is 0 Å². The van der Waals surface area contributed by atoms with E-state index in [0.717, 1.165) is 0 Å². The fourth-order valence-corrected chi connectivity index (χ4v) is 2.01. The van der Waals surface area contributed by atoms with E-state index in [4.69, 9.17) is 0 Å². The third-order valence-electron chi connectivity index (χ3n) is 2.89. The smallest absolute Gasteiger partial charge is 0.799 e. The van der Waals surface area contributed by atoms with Crippen molar-refractivity contribution in [2.24, 2.45) is 0 Å². The summed E-state index contributed by atoms with van der Waals surface area (Å²) in [7, 11) is -8.71. The van der Waals surface area contributed by atoms with Gasteiger partial charge in [-0.05, 0) is 37.0 Å². The molecule has 6 nitrogen and oxygen atoms in total. The van der Waals surface area contributed by atoms with E-state index in [0.29, 0.717) is 37.0 Å². The van der Waals surface area contributed by atoms with Gasteiger partial charge >= 0.3 is 32.7 Å². The zero-order chi connectivity index (χ0) is 17.7. The van der Waals surface area contributed by atoms with E-state index in [1.165, 1.54) is 0 Å². The van der Waals surface area contributed by atoms with Crippen LogP contribution in [0.4, 0.5) is 0 Å². The van der Waals surface area contributed by atoms with Crippen molar-refractivity contribution in [3.63, 3.8) is 0 Å². The maximum atomic E-state index is 10.4. The normalized spacial score (nSPS) is 11.3. The minimum atomic E-state index is -2.90. The van der Waals surface area contributed by atoms with E-state index < -0.39 is 22.1 Å². The van der Waals surface area contributed by atoms with E-state index >= 15 is 0 Å². The summed E-state index contributed by atoms with van der Waals surface area (Å²) < 4.78 is 31.2. The van der Waals surface area contributed by atoms with Gasteiger partial charge in [-0.3, -0.25) is 0 Å². The summed E-state index contributed by atoms with van der Waals surface area (Å²) >= 11 is 0. The molecule has 0 aromatic carbocycles.